The van der Waals surface area contributed by atoms with Gasteiger partial charge in [0.05, 0.1) is 10.0 Å². The molecule has 0 saturated carbocycles. The predicted molar refractivity (Wildman–Crippen MR) is 81.4 cm³/mol. The third kappa shape index (κ3) is 4.05. The summed E-state index contributed by atoms with van der Waals surface area (Å²) in [6.45, 7) is 3.79. The van der Waals surface area contributed by atoms with Crippen LogP contribution in [0.1, 0.15) is 16.3 Å². The molecule has 18 heavy (non-hydrogen) atoms. The maximum Gasteiger partial charge on any atom is 0.0940 e. The molecule has 2 rings (SSSR count). The molecular formula is C13H14BrClN2S. The first-order valence-electron chi connectivity index (χ1n) is 5.71. The number of nitrogens with zero attached hydrogens (tertiary/aromatic N) is 1. The summed E-state index contributed by atoms with van der Waals surface area (Å²) in [6.07, 6.45) is 0.975. The number of nitrogens with one attached hydrogen (secondary N) is 1. The van der Waals surface area contributed by atoms with Gasteiger partial charge in [-0.2, -0.15) is 0 Å². The largest absolute Gasteiger partial charge is 0.312 e. The molecule has 0 radical (unpaired) electrons. The van der Waals surface area contributed by atoms with Crippen LogP contribution in [0.3, 0.4) is 0 Å². The average molecular weight is 346 g/mol. The molecule has 0 saturated heterocycles. The average Bonchev–Trinajstić information content (AvgIpc) is 2.75. The van der Waals surface area contributed by atoms with E-state index in [2.05, 4.69) is 37.7 Å². The van der Waals surface area contributed by atoms with Gasteiger partial charge in [0.2, 0.25) is 0 Å². The molecule has 0 atom stereocenters. The molecule has 96 valence electrons. The Hall–Kier alpha value is -0.420. The van der Waals surface area contributed by atoms with Gasteiger partial charge >= 0.3 is 0 Å². The Bertz CT molecular complexity index is 527. The molecule has 0 bridgehead atoms. The normalized spacial score (nSPS) is 10.8. The number of hydrogen-bond donors (Lipinski definition) is 1. The summed E-state index contributed by atoms with van der Waals surface area (Å²) in [6, 6.07) is 6.02. The number of halogens is 2. The van der Waals surface area contributed by atoms with Crippen LogP contribution in [0.5, 0.6) is 0 Å². The molecule has 5 heteroatoms. The summed E-state index contributed by atoms with van der Waals surface area (Å²) in [5.41, 5.74) is 2.30. The van der Waals surface area contributed by atoms with E-state index >= 15 is 0 Å². The van der Waals surface area contributed by atoms with E-state index in [4.69, 9.17) is 11.6 Å². The van der Waals surface area contributed by atoms with Crippen molar-refractivity contribution in [3.8, 4) is 0 Å². The van der Waals surface area contributed by atoms with Crippen molar-refractivity contribution < 1.29 is 0 Å². The molecule has 2 aromatic rings. The highest BCUT2D eigenvalue weighted by atomic mass is 79.9. The van der Waals surface area contributed by atoms with E-state index in [0.717, 1.165) is 34.7 Å². The second kappa shape index (κ2) is 6.66. The lowest BCUT2D eigenvalue weighted by Crippen LogP contribution is -2.16. The van der Waals surface area contributed by atoms with E-state index in [9.17, 15) is 0 Å². The number of benzene rings is 1. The van der Waals surface area contributed by atoms with Crippen LogP contribution in [-0.4, -0.2) is 11.5 Å². The van der Waals surface area contributed by atoms with Gasteiger partial charge in [0.25, 0.3) is 0 Å². The predicted octanol–water partition coefficient (Wildman–Crippen LogP) is 4.20. The molecule has 0 aliphatic rings. The van der Waals surface area contributed by atoms with Gasteiger partial charge in [-0.05, 0) is 40.5 Å². The topological polar surface area (TPSA) is 24.9 Å². The Morgan fingerprint density at radius 1 is 1.44 bits per heavy atom. The molecule has 2 nitrogen and oxygen atoms in total. The number of aromatic nitrogens is 1. The summed E-state index contributed by atoms with van der Waals surface area (Å²) in [4.78, 5) is 4.43. The van der Waals surface area contributed by atoms with Crippen LogP contribution in [0.4, 0.5) is 0 Å². The number of aryl methyl sites for hydroxylation is 1. The maximum absolute atomic E-state index is 6.04. The van der Waals surface area contributed by atoms with Gasteiger partial charge in [-0.3, -0.25) is 0 Å². The number of hydrogen-bond acceptors (Lipinski definition) is 3. The van der Waals surface area contributed by atoms with Crippen LogP contribution in [-0.2, 0) is 13.0 Å². The highest BCUT2D eigenvalue weighted by Crippen LogP contribution is 2.23. The van der Waals surface area contributed by atoms with Crippen molar-refractivity contribution in [2.75, 3.05) is 6.54 Å². The molecule has 0 unspecified atom stereocenters. The first-order chi connectivity index (χ1) is 8.65. The summed E-state index contributed by atoms with van der Waals surface area (Å²) in [5.74, 6) is 0. The fourth-order valence-electron chi connectivity index (χ4n) is 1.60. The van der Waals surface area contributed by atoms with Gasteiger partial charge in [-0.1, -0.05) is 17.7 Å². The molecule has 1 N–H and O–H groups in total. The maximum atomic E-state index is 6.04. The Morgan fingerprint density at radius 2 is 2.28 bits per heavy atom. The minimum atomic E-state index is 0.754. The molecule has 1 aromatic heterocycles. The first kappa shape index (κ1) is 14.0. The number of rotatable bonds is 5. The highest BCUT2D eigenvalue weighted by molar-refractivity contribution is 9.10. The van der Waals surface area contributed by atoms with Crippen molar-refractivity contribution >= 4 is 38.9 Å². The van der Waals surface area contributed by atoms with Crippen LogP contribution in [0.2, 0.25) is 5.02 Å². The van der Waals surface area contributed by atoms with Gasteiger partial charge in [-0.25, -0.2) is 4.98 Å². The molecule has 1 heterocycles. The Balaban J connectivity index is 1.76. The van der Waals surface area contributed by atoms with Crippen LogP contribution in [0, 0.1) is 6.92 Å². The van der Waals surface area contributed by atoms with Crippen molar-refractivity contribution in [3.63, 3.8) is 0 Å². The third-order valence-electron chi connectivity index (χ3n) is 2.50. The zero-order chi connectivity index (χ0) is 13.0. The quantitative estimate of drug-likeness (QED) is 0.822. The van der Waals surface area contributed by atoms with Crippen LogP contribution in [0.15, 0.2) is 28.1 Å². The van der Waals surface area contributed by atoms with Gasteiger partial charge in [-0.15, -0.1) is 11.3 Å². The van der Waals surface area contributed by atoms with Crippen LogP contribution >= 0.6 is 38.9 Å². The van der Waals surface area contributed by atoms with Crippen LogP contribution < -0.4 is 5.32 Å². The molecule has 1 aromatic carbocycles. The van der Waals surface area contributed by atoms with E-state index < -0.39 is 0 Å². The monoisotopic (exact) mass is 344 g/mol. The van der Waals surface area contributed by atoms with E-state index in [1.807, 2.05) is 19.1 Å². The second-order valence-corrected chi connectivity index (χ2v) is 6.26. The highest BCUT2D eigenvalue weighted by Gasteiger charge is 2.00. The van der Waals surface area contributed by atoms with E-state index in [1.54, 1.807) is 11.3 Å². The smallest absolute Gasteiger partial charge is 0.0940 e. The fourth-order valence-corrected chi connectivity index (χ4v) is 2.82. The Labute approximate surface area is 125 Å². The molecule has 0 fully saturated rings. The van der Waals surface area contributed by atoms with Crippen LogP contribution in [0.25, 0.3) is 0 Å². The zero-order valence-electron chi connectivity index (χ0n) is 10.0. The van der Waals surface area contributed by atoms with Gasteiger partial charge in [0.15, 0.2) is 0 Å². The molecule has 0 spiro atoms. The fraction of sp³-hybridized carbons (Fsp3) is 0.308. The minimum Gasteiger partial charge on any atom is -0.312 e. The first-order valence-corrected chi connectivity index (χ1v) is 7.76. The number of thiazole rings is 1. The minimum absolute atomic E-state index is 0.754. The van der Waals surface area contributed by atoms with Gasteiger partial charge < -0.3 is 5.32 Å². The second-order valence-electron chi connectivity index (χ2n) is 4.06. The summed E-state index contributed by atoms with van der Waals surface area (Å²) in [5, 5.41) is 7.43. The molecule has 0 aliphatic heterocycles. The molecule has 0 aliphatic carbocycles. The lowest BCUT2D eigenvalue weighted by Gasteiger charge is -2.05. The van der Waals surface area contributed by atoms with Crippen molar-refractivity contribution in [2.24, 2.45) is 0 Å². The lowest BCUT2D eigenvalue weighted by atomic mass is 10.2. The Morgan fingerprint density at radius 3 is 2.94 bits per heavy atom. The Kier molecular flexibility index (Phi) is 5.18. The van der Waals surface area contributed by atoms with Crippen molar-refractivity contribution in [2.45, 2.75) is 19.9 Å². The summed E-state index contributed by atoms with van der Waals surface area (Å²) < 4.78 is 0.936. The molecular weight excluding hydrogens is 332 g/mol. The van der Waals surface area contributed by atoms with Gasteiger partial charge in [0, 0.05) is 35.1 Å². The molecule has 0 amide bonds. The summed E-state index contributed by atoms with van der Waals surface area (Å²) >= 11 is 11.1. The third-order valence-corrected chi connectivity index (χ3v) is 4.75. The summed E-state index contributed by atoms with van der Waals surface area (Å²) in [7, 11) is 0. The van der Waals surface area contributed by atoms with Crippen molar-refractivity contribution in [1.29, 1.82) is 0 Å². The van der Waals surface area contributed by atoms with Crippen molar-refractivity contribution in [3.05, 3.63) is 49.3 Å². The van der Waals surface area contributed by atoms with E-state index in [1.165, 1.54) is 10.6 Å². The zero-order valence-corrected chi connectivity index (χ0v) is 13.2. The van der Waals surface area contributed by atoms with Gasteiger partial charge in [0.1, 0.15) is 0 Å². The van der Waals surface area contributed by atoms with E-state index in [-0.39, 0.29) is 0 Å². The van der Waals surface area contributed by atoms with E-state index in [0.29, 0.717) is 0 Å². The standard InChI is InChI=1S/C13H14BrClN2S/c1-9-8-18-13(17-9)4-5-16-7-10-2-3-11(14)12(15)6-10/h2-3,6,8,16H,4-5,7H2,1H3. The lowest BCUT2D eigenvalue weighted by molar-refractivity contribution is 0.684. The van der Waals surface area contributed by atoms with Crippen molar-refractivity contribution in [1.82, 2.24) is 10.3 Å². The SMILES string of the molecule is Cc1csc(CCNCc2ccc(Br)c(Cl)c2)n1.